The van der Waals surface area contributed by atoms with Gasteiger partial charge in [0.15, 0.2) is 0 Å². The molecule has 2 aromatic heterocycles. The Bertz CT molecular complexity index is 494. The number of nitrogens with zero attached hydrogens (tertiary/aromatic N) is 4. The second-order valence-corrected chi connectivity index (χ2v) is 3.93. The monoisotopic (exact) mass is 247 g/mol. The number of aromatic nitrogens is 4. The van der Waals surface area contributed by atoms with Crippen molar-refractivity contribution in [3.8, 4) is 0 Å². The number of hydrogen-bond donors (Lipinski definition) is 3. The van der Waals surface area contributed by atoms with Gasteiger partial charge in [-0.05, 0) is 12.1 Å². The third-order valence-corrected chi connectivity index (χ3v) is 2.58. The van der Waals surface area contributed by atoms with Crippen LogP contribution in [0.4, 0.5) is 17.8 Å². The van der Waals surface area contributed by atoms with Crippen molar-refractivity contribution < 1.29 is 0 Å². The number of hydrogen-bond acceptors (Lipinski definition) is 6. The topological polar surface area (TPSA) is 95.7 Å². The fourth-order valence-electron chi connectivity index (χ4n) is 1.57. The highest BCUT2D eigenvalue weighted by Gasteiger charge is 2.08. The molecule has 4 N–H and O–H groups in total. The Morgan fingerprint density at radius 1 is 1.39 bits per heavy atom. The van der Waals surface area contributed by atoms with Gasteiger partial charge in [-0.2, -0.15) is 15.0 Å². The Kier molecular flexibility index (Phi) is 3.61. The highest BCUT2D eigenvalue weighted by Crippen LogP contribution is 2.10. The van der Waals surface area contributed by atoms with Crippen molar-refractivity contribution in [1.82, 2.24) is 19.9 Å². The van der Waals surface area contributed by atoms with Gasteiger partial charge >= 0.3 is 0 Å². The average Bonchev–Trinajstić information content (AvgIpc) is 2.88. The van der Waals surface area contributed by atoms with E-state index in [1.54, 1.807) is 7.05 Å². The van der Waals surface area contributed by atoms with E-state index < -0.39 is 0 Å². The summed E-state index contributed by atoms with van der Waals surface area (Å²) in [5, 5.41) is 2.86. The molecule has 0 aliphatic rings. The molecule has 0 radical (unpaired) electrons. The molecule has 7 heteroatoms. The number of nitrogens with two attached hydrogens (primary N) is 1. The zero-order valence-corrected chi connectivity index (χ0v) is 10.5. The van der Waals surface area contributed by atoms with E-state index in [0.717, 1.165) is 13.0 Å². The summed E-state index contributed by atoms with van der Waals surface area (Å²) in [6.45, 7) is 0.799. The lowest BCUT2D eigenvalue weighted by Gasteiger charge is -2.17. The fourth-order valence-corrected chi connectivity index (χ4v) is 1.57. The summed E-state index contributed by atoms with van der Waals surface area (Å²) < 4.78 is 0. The van der Waals surface area contributed by atoms with E-state index >= 15 is 0 Å². The van der Waals surface area contributed by atoms with Crippen molar-refractivity contribution in [2.24, 2.45) is 0 Å². The maximum Gasteiger partial charge on any atom is 0.231 e. The number of aromatic amines is 1. The minimum Gasteiger partial charge on any atom is -0.368 e. The van der Waals surface area contributed by atoms with Crippen LogP contribution in [0.25, 0.3) is 0 Å². The third-order valence-electron chi connectivity index (χ3n) is 2.58. The molecular weight excluding hydrogens is 230 g/mol. The van der Waals surface area contributed by atoms with Crippen LogP contribution in [0.5, 0.6) is 0 Å². The van der Waals surface area contributed by atoms with E-state index in [1.807, 2.05) is 24.2 Å². The normalized spacial score (nSPS) is 10.3. The molecule has 0 atom stereocenters. The first-order chi connectivity index (χ1) is 8.69. The average molecular weight is 247 g/mol. The predicted octanol–water partition coefficient (Wildman–Crippen LogP) is 0.502. The van der Waals surface area contributed by atoms with E-state index in [9.17, 15) is 0 Å². The molecule has 0 aliphatic carbocycles. The number of nitrogen functional groups attached to an aromatic ring is 1. The molecule has 0 spiro atoms. The van der Waals surface area contributed by atoms with E-state index in [0.29, 0.717) is 11.9 Å². The van der Waals surface area contributed by atoms with Gasteiger partial charge in [0, 0.05) is 39.0 Å². The van der Waals surface area contributed by atoms with Crippen molar-refractivity contribution in [3.63, 3.8) is 0 Å². The lowest BCUT2D eigenvalue weighted by Crippen LogP contribution is -2.23. The lowest BCUT2D eigenvalue weighted by atomic mass is 10.3. The molecule has 7 nitrogen and oxygen atoms in total. The van der Waals surface area contributed by atoms with Gasteiger partial charge in [0.25, 0.3) is 0 Å². The zero-order chi connectivity index (χ0) is 13.0. The Morgan fingerprint density at radius 3 is 2.89 bits per heavy atom. The summed E-state index contributed by atoms with van der Waals surface area (Å²) in [6, 6.07) is 4.03. The summed E-state index contributed by atoms with van der Waals surface area (Å²) in [5.74, 6) is 1.26. The summed E-state index contributed by atoms with van der Waals surface area (Å²) in [4.78, 5) is 17.4. The van der Waals surface area contributed by atoms with Gasteiger partial charge in [0.05, 0.1) is 0 Å². The minimum atomic E-state index is 0.219. The first-order valence-electron chi connectivity index (χ1n) is 5.71. The summed E-state index contributed by atoms with van der Waals surface area (Å²) in [7, 11) is 3.68. The molecule has 18 heavy (non-hydrogen) atoms. The quantitative estimate of drug-likeness (QED) is 0.712. The maximum atomic E-state index is 5.63. The molecule has 0 aliphatic heterocycles. The van der Waals surface area contributed by atoms with Crippen molar-refractivity contribution in [1.29, 1.82) is 0 Å². The largest absolute Gasteiger partial charge is 0.368 e. The van der Waals surface area contributed by atoms with E-state index in [2.05, 4.69) is 31.3 Å². The van der Waals surface area contributed by atoms with E-state index in [4.69, 9.17) is 5.73 Å². The van der Waals surface area contributed by atoms with Crippen molar-refractivity contribution in [2.75, 3.05) is 36.6 Å². The van der Waals surface area contributed by atoms with Crippen LogP contribution in [0.3, 0.4) is 0 Å². The fraction of sp³-hybridized carbons (Fsp3) is 0.364. The SMILES string of the molecule is CNc1nc(N)nc(N(C)CCc2ccc[nH]2)n1. The second-order valence-electron chi connectivity index (χ2n) is 3.93. The Hall–Kier alpha value is -2.31. The molecule has 0 aromatic carbocycles. The van der Waals surface area contributed by atoms with Crippen molar-refractivity contribution in [2.45, 2.75) is 6.42 Å². The summed E-state index contributed by atoms with van der Waals surface area (Å²) >= 11 is 0. The molecule has 0 saturated heterocycles. The van der Waals surface area contributed by atoms with Crippen molar-refractivity contribution in [3.05, 3.63) is 24.0 Å². The smallest absolute Gasteiger partial charge is 0.231 e. The molecule has 96 valence electrons. The molecule has 0 unspecified atom stereocenters. The van der Waals surface area contributed by atoms with Crippen LogP contribution >= 0.6 is 0 Å². The first kappa shape index (κ1) is 12.2. The summed E-state index contributed by atoms with van der Waals surface area (Å²) in [5.41, 5.74) is 6.81. The molecule has 0 fully saturated rings. The van der Waals surface area contributed by atoms with Crippen LogP contribution in [-0.2, 0) is 6.42 Å². The second kappa shape index (κ2) is 5.35. The van der Waals surface area contributed by atoms with Crippen LogP contribution in [0.1, 0.15) is 5.69 Å². The van der Waals surface area contributed by atoms with Crippen LogP contribution in [0, 0.1) is 0 Å². The van der Waals surface area contributed by atoms with Crippen molar-refractivity contribution >= 4 is 17.8 Å². The van der Waals surface area contributed by atoms with Gasteiger partial charge in [0.2, 0.25) is 17.8 Å². The Balaban J connectivity index is 2.03. The van der Waals surface area contributed by atoms with Gasteiger partial charge in [0.1, 0.15) is 0 Å². The first-order valence-corrected chi connectivity index (χ1v) is 5.71. The molecule has 0 saturated carbocycles. The highest BCUT2D eigenvalue weighted by atomic mass is 15.3. The van der Waals surface area contributed by atoms with Crippen LogP contribution in [0.15, 0.2) is 18.3 Å². The van der Waals surface area contributed by atoms with Gasteiger partial charge in [-0.1, -0.05) is 0 Å². The molecule has 2 heterocycles. The van der Waals surface area contributed by atoms with Crippen LogP contribution in [-0.4, -0.2) is 40.6 Å². The lowest BCUT2D eigenvalue weighted by molar-refractivity contribution is 0.820. The zero-order valence-electron chi connectivity index (χ0n) is 10.5. The van der Waals surface area contributed by atoms with Crippen LogP contribution < -0.4 is 16.0 Å². The standard InChI is InChI=1S/C11H17N7/c1-13-10-15-9(12)16-11(17-10)18(2)7-5-8-4-3-6-14-8/h3-4,6,14H,5,7H2,1-2H3,(H3,12,13,15,16,17). The number of H-pyrrole nitrogens is 1. The van der Waals surface area contributed by atoms with Gasteiger partial charge in [-0.15, -0.1) is 0 Å². The van der Waals surface area contributed by atoms with Crippen LogP contribution in [0.2, 0.25) is 0 Å². The molecule has 0 bridgehead atoms. The Labute approximate surface area is 105 Å². The molecule has 2 aromatic rings. The number of rotatable bonds is 5. The minimum absolute atomic E-state index is 0.219. The number of likely N-dealkylation sites (N-methyl/N-ethyl adjacent to an activating group) is 1. The van der Waals surface area contributed by atoms with Gasteiger partial charge in [-0.25, -0.2) is 0 Å². The Morgan fingerprint density at radius 2 is 2.22 bits per heavy atom. The third kappa shape index (κ3) is 2.88. The number of anilines is 3. The predicted molar refractivity (Wildman–Crippen MR) is 71.6 cm³/mol. The molecule has 0 amide bonds. The highest BCUT2D eigenvalue weighted by molar-refractivity contribution is 5.40. The van der Waals surface area contributed by atoms with E-state index in [-0.39, 0.29) is 5.95 Å². The molecule has 2 rings (SSSR count). The maximum absolute atomic E-state index is 5.63. The van der Waals surface area contributed by atoms with Gasteiger partial charge in [-0.3, -0.25) is 0 Å². The van der Waals surface area contributed by atoms with E-state index in [1.165, 1.54) is 5.69 Å². The molecular formula is C11H17N7. The summed E-state index contributed by atoms with van der Waals surface area (Å²) in [6.07, 6.45) is 2.80. The number of nitrogens with one attached hydrogen (secondary N) is 2. The van der Waals surface area contributed by atoms with Gasteiger partial charge < -0.3 is 20.9 Å².